The van der Waals surface area contributed by atoms with E-state index in [0.717, 1.165) is 39.6 Å². The summed E-state index contributed by atoms with van der Waals surface area (Å²) >= 11 is 2.45. The summed E-state index contributed by atoms with van der Waals surface area (Å²) in [5.74, 6) is -3.22. The zero-order chi connectivity index (χ0) is 17.7. The molecule has 25 heavy (non-hydrogen) atoms. The van der Waals surface area contributed by atoms with Crippen LogP contribution in [0.5, 0.6) is 0 Å². The van der Waals surface area contributed by atoms with Gasteiger partial charge in [0.25, 0.3) is 0 Å². The first-order valence-corrected chi connectivity index (χ1v) is 8.77. The van der Waals surface area contributed by atoms with Gasteiger partial charge in [-0.25, -0.2) is 23.1 Å². The van der Waals surface area contributed by atoms with Gasteiger partial charge in [0.05, 0.1) is 17.0 Å². The minimum atomic E-state index is -1.17. The summed E-state index contributed by atoms with van der Waals surface area (Å²) in [5, 5.41) is 16.2. The van der Waals surface area contributed by atoms with Gasteiger partial charge in [-0.15, -0.1) is 22.7 Å². The summed E-state index contributed by atoms with van der Waals surface area (Å²) in [7, 11) is 0. The highest BCUT2D eigenvalue weighted by atomic mass is 32.1. The number of carbonyl (C=O) groups is 1. The number of hydrogen-bond acceptors (Lipinski definition) is 5. The van der Waals surface area contributed by atoms with Gasteiger partial charge in [0.15, 0.2) is 11.6 Å². The van der Waals surface area contributed by atoms with Crippen LogP contribution in [0.2, 0.25) is 0 Å². The van der Waals surface area contributed by atoms with Gasteiger partial charge in [-0.1, -0.05) is 0 Å². The van der Waals surface area contributed by atoms with Crippen molar-refractivity contribution in [1.82, 2.24) is 14.6 Å². The number of aromatic nitrogens is 3. The molecule has 0 unspecified atom stereocenters. The fourth-order valence-electron chi connectivity index (χ4n) is 2.55. The highest BCUT2D eigenvalue weighted by Gasteiger charge is 2.24. The molecule has 5 nitrogen and oxygen atoms in total. The van der Waals surface area contributed by atoms with Crippen LogP contribution in [-0.2, 0) is 0 Å². The zero-order valence-corrected chi connectivity index (χ0v) is 14.3. The maximum atomic E-state index is 13.6. The van der Waals surface area contributed by atoms with Crippen molar-refractivity contribution in [3.8, 4) is 21.8 Å². The lowest BCUT2D eigenvalue weighted by Crippen LogP contribution is -1.96. The fourth-order valence-corrected chi connectivity index (χ4v) is 4.52. The molecule has 1 aromatic carbocycles. The maximum Gasteiger partial charge on any atom is 0.348 e. The maximum absolute atomic E-state index is 13.6. The second-order valence-electron chi connectivity index (χ2n) is 5.24. The molecule has 0 saturated carbocycles. The highest BCUT2D eigenvalue weighted by Crippen LogP contribution is 2.38. The number of rotatable bonds is 3. The van der Waals surface area contributed by atoms with Crippen molar-refractivity contribution in [1.29, 1.82) is 0 Å². The Hall–Kier alpha value is -2.65. The second-order valence-corrected chi connectivity index (χ2v) is 7.14. The van der Waals surface area contributed by atoms with E-state index in [1.54, 1.807) is 10.7 Å². The predicted molar refractivity (Wildman–Crippen MR) is 91.2 cm³/mol. The summed E-state index contributed by atoms with van der Waals surface area (Å²) in [6.45, 7) is 1.81. The molecule has 4 rings (SSSR count). The van der Waals surface area contributed by atoms with Crippen LogP contribution in [0.15, 0.2) is 29.8 Å². The minimum Gasteiger partial charge on any atom is -0.477 e. The second kappa shape index (κ2) is 5.71. The molecule has 3 heterocycles. The average molecular weight is 377 g/mol. The topological polar surface area (TPSA) is 67.5 Å². The summed E-state index contributed by atoms with van der Waals surface area (Å²) in [4.78, 5) is 16.8. The molecular formula is C16H9F2N3O2S2. The molecule has 0 atom stereocenters. The zero-order valence-electron chi connectivity index (χ0n) is 12.7. The van der Waals surface area contributed by atoms with E-state index < -0.39 is 17.6 Å². The van der Waals surface area contributed by atoms with Crippen LogP contribution in [-0.4, -0.2) is 25.7 Å². The van der Waals surface area contributed by atoms with Crippen molar-refractivity contribution >= 4 is 33.5 Å². The van der Waals surface area contributed by atoms with Crippen LogP contribution >= 0.6 is 22.7 Å². The van der Waals surface area contributed by atoms with Gasteiger partial charge >= 0.3 is 5.97 Å². The first kappa shape index (κ1) is 15.9. The number of thiazole rings is 2. The lowest BCUT2D eigenvalue weighted by atomic mass is 10.1. The molecule has 0 fully saturated rings. The van der Waals surface area contributed by atoms with Crippen molar-refractivity contribution in [3.63, 3.8) is 0 Å². The van der Waals surface area contributed by atoms with Gasteiger partial charge in [-0.2, -0.15) is 5.10 Å². The Labute approximate surface area is 147 Å². The van der Waals surface area contributed by atoms with Crippen LogP contribution in [0.25, 0.3) is 26.7 Å². The van der Waals surface area contributed by atoms with Crippen molar-refractivity contribution in [2.24, 2.45) is 0 Å². The van der Waals surface area contributed by atoms with Crippen LogP contribution in [0.4, 0.5) is 8.78 Å². The summed E-state index contributed by atoms with van der Waals surface area (Å²) in [5.41, 5.74) is 1.79. The monoisotopic (exact) mass is 377 g/mol. The number of carboxylic acid groups (broad SMARTS) is 1. The molecule has 0 aliphatic heterocycles. The molecule has 9 heteroatoms. The van der Waals surface area contributed by atoms with Gasteiger partial charge < -0.3 is 5.11 Å². The predicted octanol–water partition coefficient (Wildman–Crippen LogP) is 4.47. The number of halogens is 2. The Morgan fingerprint density at radius 1 is 1.28 bits per heavy atom. The van der Waals surface area contributed by atoms with Crippen molar-refractivity contribution in [2.45, 2.75) is 6.92 Å². The van der Waals surface area contributed by atoms with Crippen LogP contribution in [0.1, 0.15) is 15.4 Å². The molecule has 4 aromatic rings. The Morgan fingerprint density at radius 3 is 2.80 bits per heavy atom. The van der Waals surface area contributed by atoms with Gasteiger partial charge in [-0.3, -0.25) is 0 Å². The normalized spacial score (nSPS) is 11.3. The lowest BCUT2D eigenvalue weighted by molar-refractivity contribution is 0.0702. The van der Waals surface area contributed by atoms with E-state index in [1.165, 1.54) is 17.4 Å². The molecule has 3 aromatic heterocycles. The first-order chi connectivity index (χ1) is 12.0. The van der Waals surface area contributed by atoms with E-state index in [0.29, 0.717) is 5.01 Å². The van der Waals surface area contributed by atoms with E-state index in [-0.39, 0.29) is 16.1 Å². The number of carboxylic acids is 1. The minimum absolute atomic E-state index is 0.0312. The Morgan fingerprint density at radius 2 is 2.08 bits per heavy atom. The van der Waals surface area contributed by atoms with Gasteiger partial charge in [0.2, 0.25) is 0 Å². The number of hydrogen-bond donors (Lipinski definition) is 1. The van der Waals surface area contributed by atoms with E-state index >= 15 is 0 Å². The molecule has 0 amide bonds. The largest absolute Gasteiger partial charge is 0.477 e. The molecule has 1 N–H and O–H groups in total. The van der Waals surface area contributed by atoms with Gasteiger partial charge in [0.1, 0.15) is 14.7 Å². The molecular weight excluding hydrogens is 368 g/mol. The Balaban J connectivity index is 1.94. The molecule has 126 valence electrons. The van der Waals surface area contributed by atoms with E-state index in [9.17, 15) is 18.7 Å². The van der Waals surface area contributed by atoms with Crippen LogP contribution < -0.4 is 0 Å². The SMILES string of the molecule is Cc1nn2ccsc2c1-c1nc(-c2ccc(F)c(F)c2)c(C(=O)O)s1. The van der Waals surface area contributed by atoms with Crippen molar-refractivity contribution in [2.75, 3.05) is 0 Å². The van der Waals surface area contributed by atoms with Crippen molar-refractivity contribution < 1.29 is 18.7 Å². The average Bonchev–Trinajstić information content (AvgIpc) is 3.23. The number of benzene rings is 1. The summed E-state index contributed by atoms with van der Waals surface area (Å²) in [6, 6.07) is 3.22. The Bertz CT molecular complexity index is 1130. The lowest BCUT2D eigenvalue weighted by Gasteiger charge is -2.00. The van der Waals surface area contributed by atoms with E-state index in [2.05, 4.69) is 10.1 Å². The van der Waals surface area contributed by atoms with Crippen molar-refractivity contribution in [3.05, 3.63) is 52.0 Å². The number of nitrogens with zero attached hydrogens (tertiary/aromatic N) is 3. The molecule has 0 aliphatic rings. The van der Waals surface area contributed by atoms with Crippen LogP contribution in [0, 0.1) is 18.6 Å². The van der Waals surface area contributed by atoms with E-state index in [4.69, 9.17) is 0 Å². The Kier molecular flexibility index (Phi) is 3.62. The molecule has 0 radical (unpaired) electrons. The van der Waals surface area contributed by atoms with E-state index in [1.807, 2.05) is 12.3 Å². The summed E-state index contributed by atoms with van der Waals surface area (Å²) < 4.78 is 28.4. The number of fused-ring (bicyclic) bond motifs is 1. The first-order valence-electron chi connectivity index (χ1n) is 7.08. The van der Waals surface area contributed by atoms with Gasteiger partial charge in [-0.05, 0) is 25.1 Å². The summed E-state index contributed by atoms with van der Waals surface area (Å²) in [6.07, 6.45) is 1.80. The molecule has 0 spiro atoms. The van der Waals surface area contributed by atoms with Crippen LogP contribution in [0.3, 0.4) is 0 Å². The third-order valence-corrected chi connectivity index (χ3v) is 5.58. The number of aryl methyl sites for hydroxylation is 1. The highest BCUT2D eigenvalue weighted by molar-refractivity contribution is 7.19. The fraction of sp³-hybridized carbons (Fsp3) is 0.0625. The third-order valence-electron chi connectivity index (χ3n) is 3.65. The molecule has 0 saturated heterocycles. The van der Waals surface area contributed by atoms with Gasteiger partial charge in [0, 0.05) is 17.1 Å². The quantitative estimate of drug-likeness (QED) is 0.572. The molecule has 0 aliphatic carbocycles. The standard InChI is InChI=1S/C16H9F2N3O2S2/c1-7-11(15-21(20-7)4-5-24-15)14-19-12(13(25-14)16(22)23)8-2-3-9(17)10(18)6-8/h2-6H,1H3,(H,22,23). The third kappa shape index (κ3) is 2.52. The number of aromatic carboxylic acids is 1. The molecule has 0 bridgehead atoms. The smallest absolute Gasteiger partial charge is 0.348 e.